The third-order valence-electron chi connectivity index (χ3n) is 3.82. The first-order valence-electron chi connectivity index (χ1n) is 9.30. The van der Waals surface area contributed by atoms with Gasteiger partial charge in [-0.05, 0) is 42.8 Å². The highest BCUT2D eigenvalue weighted by Gasteiger charge is 2.11. The van der Waals surface area contributed by atoms with E-state index in [2.05, 4.69) is 17.6 Å². The zero-order chi connectivity index (χ0) is 21.1. The van der Waals surface area contributed by atoms with Gasteiger partial charge in [0.1, 0.15) is 5.75 Å². The molecular weight excluding hydrogens is 390 g/mol. The third-order valence-corrected chi connectivity index (χ3v) is 4.92. The van der Waals surface area contributed by atoms with Gasteiger partial charge in [-0.1, -0.05) is 25.5 Å². The van der Waals surface area contributed by atoms with Gasteiger partial charge in [0.2, 0.25) is 11.8 Å². The highest BCUT2D eigenvalue weighted by molar-refractivity contribution is 8.00. The maximum absolute atomic E-state index is 12.2. The summed E-state index contributed by atoms with van der Waals surface area (Å²) < 4.78 is 5.56. The number of rotatable bonds is 11. The van der Waals surface area contributed by atoms with Crippen LogP contribution in [0.5, 0.6) is 5.75 Å². The fourth-order valence-electron chi connectivity index (χ4n) is 2.34. The number of amides is 3. The molecule has 0 saturated carbocycles. The topological polar surface area (TPSA) is 111 Å². The van der Waals surface area contributed by atoms with E-state index in [1.54, 1.807) is 48.5 Å². The van der Waals surface area contributed by atoms with Crippen molar-refractivity contribution in [2.24, 2.45) is 5.73 Å². The molecule has 0 atom stereocenters. The van der Waals surface area contributed by atoms with Crippen molar-refractivity contribution in [2.75, 3.05) is 24.2 Å². The average molecular weight is 416 g/mol. The normalized spacial score (nSPS) is 10.2. The predicted molar refractivity (Wildman–Crippen MR) is 114 cm³/mol. The van der Waals surface area contributed by atoms with E-state index in [9.17, 15) is 14.4 Å². The van der Waals surface area contributed by atoms with Gasteiger partial charge >= 0.3 is 0 Å². The molecule has 7 nitrogen and oxygen atoms in total. The van der Waals surface area contributed by atoms with Crippen molar-refractivity contribution in [3.05, 3.63) is 54.1 Å². The van der Waals surface area contributed by atoms with Gasteiger partial charge in [-0.2, -0.15) is 0 Å². The second-order valence-corrected chi connectivity index (χ2v) is 7.23. The molecule has 154 valence electrons. The first kappa shape index (κ1) is 22.3. The van der Waals surface area contributed by atoms with E-state index in [1.165, 1.54) is 11.8 Å². The molecule has 0 aliphatic carbocycles. The van der Waals surface area contributed by atoms with Crippen LogP contribution < -0.4 is 21.1 Å². The number of nitrogens with one attached hydrogen (secondary N) is 2. The largest absolute Gasteiger partial charge is 0.494 e. The quantitative estimate of drug-likeness (QED) is 0.386. The molecule has 2 aromatic rings. The van der Waals surface area contributed by atoms with E-state index in [0.29, 0.717) is 23.6 Å². The molecule has 0 bridgehead atoms. The third kappa shape index (κ3) is 7.87. The summed E-state index contributed by atoms with van der Waals surface area (Å²) in [5, 5.41) is 5.32. The van der Waals surface area contributed by atoms with Gasteiger partial charge in [0.15, 0.2) is 0 Å². The molecule has 0 aliphatic rings. The van der Waals surface area contributed by atoms with Crippen LogP contribution in [0.1, 0.15) is 30.1 Å². The lowest BCUT2D eigenvalue weighted by atomic mass is 10.2. The minimum atomic E-state index is -0.440. The van der Waals surface area contributed by atoms with Crippen LogP contribution in [0.25, 0.3) is 0 Å². The van der Waals surface area contributed by atoms with Gasteiger partial charge < -0.3 is 21.1 Å². The van der Waals surface area contributed by atoms with E-state index in [-0.39, 0.29) is 24.1 Å². The molecule has 2 rings (SSSR count). The second-order valence-electron chi connectivity index (χ2n) is 6.21. The van der Waals surface area contributed by atoms with Crippen LogP contribution in [-0.4, -0.2) is 36.6 Å². The lowest BCUT2D eigenvalue weighted by molar-refractivity contribution is -0.116. The van der Waals surface area contributed by atoms with Crippen molar-refractivity contribution in [1.82, 2.24) is 5.32 Å². The highest BCUT2D eigenvalue weighted by Crippen LogP contribution is 2.26. The summed E-state index contributed by atoms with van der Waals surface area (Å²) in [6.07, 6.45) is 2.03. The standard InChI is InChI=1S/C21H25N3O4S/c1-2-3-12-28-16-10-8-15(9-11-16)21(27)23-13-20(26)24-17-6-4-5-7-18(17)29-14-19(22)25/h4-11H,2-3,12-14H2,1H3,(H2,22,25)(H,23,27)(H,24,26). The van der Waals surface area contributed by atoms with Crippen molar-refractivity contribution >= 4 is 35.2 Å². The lowest BCUT2D eigenvalue weighted by Crippen LogP contribution is -2.32. The number of nitrogens with two attached hydrogens (primary N) is 1. The molecule has 4 N–H and O–H groups in total. The molecule has 29 heavy (non-hydrogen) atoms. The van der Waals surface area contributed by atoms with Crippen molar-refractivity contribution < 1.29 is 19.1 Å². The molecular formula is C21H25N3O4S. The van der Waals surface area contributed by atoms with Crippen LogP contribution in [0.2, 0.25) is 0 Å². The minimum absolute atomic E-state index is 0.113. The Labute approximate surface area is 174 Å². The molecule has 0 aromatic heterocycles. The Bertz CT molecular complexity index is 840. The first-order valence-corrected chi connectivity index (χ1v) is 10.3. The Morgan fingerprint density at radius 2 is 1.79 bits per heavy atom. The summed E-state index contributed by atoms with van der Waals surface area (Å²) in [7, 11) is 0. The Kier molecular flexibility index (Phi) is 9.04. The predicted octanol–water partition coefficient (Wildman–Crippen LogP) is 2.81. The zero-order valence-electron chi connectivity index (χ0n) is 16.3. The SMILES string of the molecule is CCCCOc1ccc(C(=O)NCC(=O)Nc2ccccc2SCC(N)=O)cc1. The number of primary amides is 1. The van der Waals surface area contributed by atoms with E-state index < -0.39 is 5.91 Å². The number of benzene rings is 2. The van der Waals surface area contributed by atoms with Crippen LogP contribution in [0.15, 0.2) is 53.4 Å². The molecule has 0 fully saturated rings. The number of carbonyl (C=O) groups excluding carboxylic acids is 3. The monoisotopic (exact) mass is 415 g/mol. The van der Waals surface area contributed by atoms with Gasteiger partial charge in [0.25, 0.3) is 5.91 Å². The molecule has 8 heteroatoms. The Balaban J connectivity index is 1.84. The van der Waals surface area contributed by atoms with Gasteiger partial charge in [-0.25, -0.2) is 0 Å². The average Bonchev–Trinajstić information content (AvgIpc) is 2.72. The number of hydrogen-bond donors (Lipinski definition) is 3. The molecule has 2 aromatic carbocycles. The number of anilines is 1. The van der Waals surface area contributed by atoms with Crippen molar-refractivity contribution in [3.63, 3.8) is 0 Å². The Morgan fingerprint density at radius 1 is 1.07 bits per heavy atom. The highest BCUT2D eigenvalue weighted by atomic mass is 32.2. The van der Waals surface area contributed by atoms with Crippen LogP contribution in [0.3, 0.4) is 0 Å². The maximum Gasteiger partial charge on any atom is 0.251 e. The van der Waals surface area contributed by atoms with Crippen molar-refractivity contribution in [1.29, 1.82) is 0 Å². The lowest BCUT2D eigenvalue weighted by Gasteiger charge is -2.11. The smallest absolute Gasteiger partial charge is 0.251 e. The fraction of sp³-hybridized carbons (Fsp3) is 0.286. The van der Waals surface area contributed by atoms with E-state index >= 15 is 0 Å². The van der Waals surface area contributed by atoms with E-state index in [4.69, 9.17) is 10.5 Å². The van der Waals surface area contributed by atoms with Gasteiger partial charge in [-0.3, -0.25) is 14.4 Å². The summed E-state index contributed by atoms with van der Waals surface area (Å²) in [5.41, 5.74) is 6.17. The van der Waals surface area contributed by atoms with Crippen LogP contribution in [0, 0.1) is 0 Å². The van der Waals surface area contributed by atoms with Crippen molar-refractivity contribution in [2.45, 2.75) is 24.7 Å². The van der Waals surface area contributed by atoms with Gasteiger partial charge in [0, 0.05) is 10.5 Å². The van der Waals surface area contributed by atoms with Crippen LogP contribution in [-0.2, 0) is 9.59 Å². The number of ether oxygens (including phenoxy) is 1. The summed E-state index contributed by atoms with van der Waals surface area (Å²) in [6, 6.07) is 13.9. The summed E-state index contributed by atoms with van der Waals surface area (Å²) in [6.45, 7) is 2.55. The molecule has 3 amide bonds. The number of thioether (sulfide) groups is 1. The van der Waals surface area contributed by atoms with Crippen molar-refractivity contribution in [3.8, 4) is 5.75 Å². The summed E-state index contributed by atoms with van der Waals surface area (Å²) >= 11 is 1.24. The molecule has 0 spiro atoms. The zero-order valence-corrected chi connectivity index (χ0v) is 17.1. The summed E-state index contributed by atoms with van der Waals surface area (Å²) in [4.78, 5) is 36.1. The number of para-hydroxylation sites is 1. The van der Waals surface area contributed by atoms with Crippen LogP contribution >= 0.6 is 11.8 Å². The fourth-order valence-corrected chi connectivity index (χ4v) is 3.09. The first-order chi connectivity index (χ1) is 14.0. The van der Waals surface area contributed by atoms with Gasteiger partial charge in [0.05, 0.1) is 24.6 Å². The second kappa shape index (κ2) is 11.8. The molecule has 0 unspecified atom stereocenters. The maximum atomic E-state index is 12.2. The molecule has 0 radical (unpaired) electrons. The van der Waals surface area contributed by atoms with E-state index in [0.717, 1.165) is 17.7 Å². The van der Waals surface area contributed by atoms with Crippen LogP contribution in [0.4, 0.5) is 5.69 Å². The molecule has 0 saturated heterocycles. The van der Waals surface area contributed by atoms with E-state index in [1.807, 2.05) is 0 Å². The molecule has 0 heterocycles. The summed E-state index contributed by atoms with van der Waals surface area (Å²) in [5.74, 6) is -0.341. The number of carbonyl (C=O) groups is 3. The minimum Gasteiger partial charge on any atom is -0.494 e. The van der Waals surface area contributed by atoms with Gasteiger partial charge in [-0.15, -0.1) is 11.8 Å². The molecule has 0 aliphatic heterocycles. The number of unbranched alkanes of at least 4 members (excludes halogenated alkanes) is 1. The Morgan fingerprint density at radius 3 is 2.48 bits per heavy atom. The Hall–Kier alpha value is -3.00. The number of hydrogen-bond acceptors (Lipinski definition) is 5.